The van der Waals surface area contributed by atoms with Gasteiger partial charge in [0, 0.05) is 37.9 Å². The van der Waals surface area contributed by atoms with E-state index in [1.54, 1.807) is 13.4 Å². The van der Waals surface area contributed by atoms with Gasteiger partial charge in [-0.15, -0.1) is 0 Å². The number of likely N-dealkylation sites (tertiary alicyclic amines) is 1. The van der Waals surface area contributed by atoms with E-state index in [9.17, 15) is 0 Å². The number of aryl methyl sites for hydroxylation is 1. The molecule has 1 aromatic heterocycles. The lowest BCUT2D eigenvalue weighted by Gasteiger charge is -2.38. The molecule has 2 heterocycles. The van der Waals surface area contributed by atoms with E-state index in [2.05, 4.69) is 32.9 Å². The molecule has 0 radical (unpaired) electrons. The zero-order valence-corrected chi connectivity index (χ0v) is 15.8. The lowest BCUT2D eigenvalue weighted by atomic mass is 10.0. The van der Waals surface area contributed by atoms with Gasteiger partial charge in [-0.25, -0.2) is 9.97 Å². The molecule has 0 saturated carbocycles. The van der Waals surface area contributed by atoms with Gasteiger partial charge in [-0.2, -0.15) is 0 Å². The number of benzene rings is 1. The largest absolute Gasteiger partial charge is 0.495 e. The molecular weight excluding hydrogens is 336 g/mol. The van der Waals surface area contributed by atoms with Crippen molar-refractivity contribution < 1.29 is 4.74 Å². The number of anilines is 1. The Morgan fingerprint density at radius 1 is 1.36 bits per heavy atom. The normalized spacial score (nSPS) is 18.2. The summed E-state index contributed by atoms with van der Waals surface area (Å²) < 4.78 is 5.33. The molecule has 2 aromatic rings. The fourth-order valence-electron chi connectivity index (χ4n) is 3.39. The summed E-state index contributed by atoms with van der Waals surface area (Å²) in [6.45, 7) is 4.91. The first kappa shape index (κ1) is 18.0. The monoisotopic (exact) mass is 360 g/mol. The van der Waals surface area contributed by atoms with Gasteiger partial charge in [-0.3, -0.25) is 4.90 Å². The lowest BCUT2D eigenvalue weighted by molar-refractivity contribution is 0.198. The lowest BCUT2D eigenvalue weighted by Crippen LogP contribution is -2.46. The van der Waals surface area contributed by atoms with Crippen LogP contribution in [-0.2, 0) is 6.54 Å². The van der Waals surface area contributed by atoms with E-state index in [-0.39, 0.29) is 0 Å². The number of ether oxygens (including phenoxy) is 1. The van der Waals surface area contributed by atoms with E-state index >= 15 is 0 Å². The Morgan fingerprint density at radius 2 is 2.20 bits per heavy atom. The van der Waals surface area contributed by atoms with Gasteiger partial charge in [-0.05, 0) is 37.9 Å². The Hall–Kier alpha value is -1.85. The Balaban J connectivity index is 1.69. The van der Waals surface area contributed by atoms with Crippen LogP contribution in [0.4, 0.5) is 5.82 Å². The molecule has 0 spiro atoms. The highest BCUT2D eigenvalue weighted by Gasteiger charge is 2.25. The van der Waals surface area contributed by atoms with Crippen LogP contribution in [0.2, 0.25) is 5.02 Å². The van der Waals surface area contributed by atoms with Gasteiger partial charge in [0.15, 0.2) is 0 Å². The third-order valence-corrected chi connectivity index (χ3v) is 5.27. The molecule has 6 heteroatoms. The molecular formula is C19H25ClN4O. The van der Waals surface area contributed by atoms with Crippen LogP contribution in [0.1, 0.15) is 24.1 Å². The van der Waals surface area contributed by atoms with Gasteiger partial charge in [0.2, 0.25) is 0 Å². The minimum Gasteiger partial charge on any atom is -0.495 e. The summed E-state index contributed by atoms with van der Waals surface area (Å²) in [5.74, 6) is 1.72. The number of piperidine rings is 1. The second kappa shape index (κ2) is 8.02. The number of nitrogens with zero attached hydrogens (tertiary/aromatic N) is 4. The van der Waals surface area contributed by atoms with Crippen LogP contribution < -0.4 is 9.64 Å². The van der Waals surface area contributed by atoms with Crippen molar-refractivity contribution in [2.75, 3.05) is 32.1 Å². The summed E-state index contributed by atoms with van der Waals surface area (Å²) in [4.78, 5) is 13.3. The molecule has 5 nitrogen and oxygen atoms in total. The second-order valence-corrected chi connectivity index (χ2v) is 6.97. The zero-order valence-electron chi connectivity index (χ0n) is 15.1. The molecule has 1 unspecified atom stereocenters. The second-order valence-electron chi connectivity index (χ2n) is 6.59. The minimum absolute atomic E-state index is 0.437. The minimum atomic E-state index is 0.437. The number of rotatable bonds is 5. The van der Waals surface area contributed by atoms with E-state index in [0.717, 1.165) is 42.5 Å². The van der Waals surface area contributed by atoms with Crippen LogP contribution in [0.3, 0.4) is 0 Å². The van der Waals surface area contributed by atoms with Gasteiger partial charge in [-0.1, -0.05) is 23.7 Å². The van der Waals surface area contributed by atoms with Gasteiger partial charge < -0.3 is 9.64 Å². The van der Waals surface area contributed by atoms with Crippen LogP contribution in [0.25, 0.3) is 0 Å². The Bertz CT molecular complexity index is 724. The summed E-state index contributed by atoms with van der Waals surface area (Å²) in [5.41, 5.74) is 2.11. The molecule has 1 aliphatic rings. The Labute approximate surface area is 154 Å². The standard InChI is InChI=1S/C19H25ClN4O/c1-14-10-18(22-13-21-14)23(2)16-7-5-9-24(12-16)11-15-6-4-8-17(25-3)19(15)20/h4,6,8,10,13,16H,5,7,9,11-12H2,1-3H3. The molecule has 1 saturated heterocycles. The van der Waals surface area contributed by atoms with Crippen molar-refractivity contribution in [2.24, 2.45) is 0 Å². The zero-order chi connectivity index (χ0) is 17.8. The van der Waals surface area contributed by atoms with E-state index in [0.29, 0.717) is 11.1 Å². The van der Waals surface area contributed by atoms with Gasteiger partial charge in [0.25, 0.3) is 0 Å². The number of methoxy groups -OCH3 is 1. The molecule has 1 aromatic carbocycles. The Morgan fingerprint density at radius 3 is 2.96 bits per heavy atom. The maximum absolute atomic E-state index is 6.46. The predicted octanol–water partition coefficient (Wildman–Crippen LogP) is 3.55. The van der Waals surface area contributed by atoms with E-state index in [1.807, 2.05) is 25.1 Å². The van der Waals surface area contributed by atoms with E-state index in [4.69, 9.17) is 16.3 Å². The maximum atomic E-state index is 6.46. The number of halogens is 1. The molecule has 0 N–H and O–H groups in total. The number of hydrogen-bond donors (Lipinski definition) is 0. The topological polar surface area (TPSA) is 41.5 Å². The van der Waals surface area contributed by atoms with Crippen molar-refractivity contribution in [1.82, 2.24) is 14.9 Å². The summed E-state index contributed by atoms with van der Waals surface area (Å²) in [5, 5.41) is 0.715. The summed E-state index contributed by atoms with van der Waals surface area (Å²) in [6.07, 6.45) is 3.97. The highest BCUT2D eigenvalue weighted by molar-refractivity contribution is 6.32. The first-order valence-electron chi connectivity index (χ1n) is 8.63. The fourth-order valence-corrected chi connectivity index (χ4v) is 3.65. The molecule has 134 valence electrons. The highest BCUT2D eigenvalue weighted by Crippen LogP contribution is 2.29. The molecule has 25 heavy (non-hydrogen) atoms. The molecule has 1 aliphatic heterocycles. The molecule has 1 atom stereocenters. The molecule has 0 bridgehead atoms. The van der Waals surface area contributed by atoms with Crippen LogP contribution in [0, 0.1) is 6.92 Å². The molecule has 3 rings (SSSR count). The first-order valence-corrected chi connectivity index (χ1v) is 9.01. The maximum Gasteiger partial charge on any atom is 0.137 e. The molecule has 1 fully saturated rings. The van der Waals surface area contributed by atoms with Crippen molar-refractivity contribution in [3.8, 4) is 5.75 Å². The van der Waals surface area contributed by atoms with Gasteiger partial charge in [0.05, 0.1) is 12.1 Å². The fraction of sp³-hybridized carbons (Fsp3) is 0.474. The molecule has 0 aliphatic carbocycles. The van der Waals surface area contributed by atoms with Crippen LogP contribution in [-0.4, -0.2) is 48.2 Å². The smallest absolute Gasteiger partial charge is 0.137 e. The average Bonchev–Trinajstić information content (AvgIpc) is 2.63. The number of hydrogen-bond acceptors (Lipinski definition) is 5. The van der Waals surface area contributed by atoms with Gasteiger partial charge >= 0.3 is 0 Å². The van der Waals surface area contributed by atoms with Crippen LogP contribution in [0.5, 0.6) is 5.75 Å². The quantitative estimate of drug-likeness (QED) is 0.815. The van der Waals surface area contributed by atoms with Crippen molar-refractivity contribution >= 4 is 17.4 Å². The van der Waals surface area contributed by atoms with Crippen molar-refractivity contribution in [3.05, 3.63) is 46.9 Å². The van der Waals surface area contributed by atoms with E-state index < -0.39 is 0 Å². The number of aromatic nitrogens is 2. The van der Waals surface area contributed by atoms with Crippen molar-refractivity contribution in [3.63, 3.8) is 0 Å². The predicted molar refractivity (Wildman–Crippen MR) is 101 cm³/mol. The summed E-state index contributed by atoms with van der Waals surface area (Å²) in [6, 6.07) is 8.45. The van der Waals surface area contributed by atoms with Crippen LogP contribution >= 0.6 is 11.6 Å². The van der Waals surface area contributed by atoms with Crippen molar-refractivity contribution in [1.29, 1.82) is 0 Å². The molecule has 0 amide bonds. The average molecular weight is 361 g/mol. The summed E-state index contributed by atoms with van der Waals surface area (Å²) >= 11 is 6.46. The SMILES string of the molecule is COc1cccc(CN2CCCC(N(C)c3cc(C)ncn3)C2)c1Cl. The Kier molecular flexibility index (Phi) is 5.76. The highest BCUT2D eigenvalue weighted by atomic mass is 35.5. The third-order valence-electron chi connectivity index (χ3n) is 4.84. The van der Waals surface area contributed by atoms with E-state index in [1.165, 1.54) is 12.8 Å². The first-order chi connectivity index (χ1) is 12.1. The van der Waals surface area contributed by atoms with Crippen molar-refractivity contribution in [2.45, 2.75) is 32.4 Å². The van der Waals surface area contributed by atoms with Gasteiger partial charge in [0.1, 0.15) is 17.9 Å². The third kappa shape index (κ3) is 4.22. The summed E-state index contributed by atoms with van der Waals surface area (Å²) in [7, 11) is 3.77. The van der Waals surface area contributed by atoms with Crippen LogP contribution in [0.15, 0.2) is 30.6 Å². The number of likely N-dealkylation sites (N-methyl/N-ethyl adjacent to an activating group) is 1.